The quantitative estimate of drug-likeness (QED) is 0.696. The largest absolute Gasteiger partial charge is 0.327 e. The SMILES string of the molecule is C=C(CN)CCC1(C)CC(CC)=CC(C)C1. The molecule has 1 rings (SSSR count). The molecule has 0 aromatic carbocycles. The van der Waals surface area contributed by atoms with Gasteiger partial charge in [0.15, 0.2) is 0 Å². The Hall–Kier alpha value is -0.560. The number of allylic oxidation sites excluding steroid dienone is 2. The molecular formula is C15H27N. The summed E-state index contributed by atoms with van der Waals surface area (Å²) in [5, 5.41) is 0. The van der Waals surface area contributed by atoms with Crippen molar-refractivity contribution in [3.8, 4) is 0 Å². The second-order valence-corrected chi connectivity index (χ2v) is 5.80. The van der Waals surface area contributed by atoms with E-state index in [1.807, 2.05) is 0 Å². The standard InChI is InChI=1S/C15H27N/c1-5-14-8-13(3)9-15(4,10-14)7-6-12(2)11-16/h8,13H,2,5-7,9-11,16H2,1,3-4H3. The fourth-order valence-electron chi connectivity index (χ4n) is 2.93. The molecule has 2 atom stereocenters. The molecule has 2 unspecified atom stereocenters. The van der Waals surface area contributed by atoms with E-state index in [1.165, 1.54) is 31.3 Å². The maximum atomic E-state index is 5.60. The highest BCUT2D eigenvalue weighted by Crippen LogP contribution is 2.43. The summed E-state index contributed by atoms with van der Waals surface area (Å²) in [5.74, 6) is 0.736. The Morgan fingerprint density at radius 3 is 2.88 bits per heavy atom. The third-order valence-electron chi connectivity index (χ3n) is 3.81. The summed E-state index contributed by atoms with van der Waals surface area (Å²) in [6, 6.07) is 0. The van der Waals surface area contributed by atoms with E-state index in [4.69, 9.17) is 5.73 Å². The first-order chi connectivity index (χ1) is 7.49. The average molecular weight is 221 g/mol. The van der Waals surface area contributed by atoms with Gasteiger partial charge in [-0.1, -0.05) is 44.6 Å². The Bertz CT molecular complexity index is 277. The van der Waals surface area contributed by atoms with Crippen molar-refractivity contribution in [1.29, 1.82) is 0 Å². The van der Waals surface area contributed by atoms with Crippen molar-refractivity contribution >= 4 is 0 Å². The minimum Gasteiger partial charge on any atom is -0.327 e. The van der Waals surface area contributed by atoms with Crippen LogP contribution in [0.25, 0.3) is 0 Å². The van der Waals surface area contributed by atoms with Crippen LogP contribution in [0, 0.1) is 11.3 Å². The van der Waals surface area contributed by atoms with Crippen LogP contribution in [0.3, 0.4) is 0 Å². The summed E-state index contributed by atoms with van der Waals surface area (Å²) in [7, 11) is 0. The minimum absolute atomic E-state index is 0.470. The van der Waals surface area contributed by atoms with E-state index in [0.29, 0.717) is 12.0 Å². The molecule has 0 aromatic rings. The lowest BCUT2D eigenvalue weighted by Gasteiger charge is -2.37. The summed E-state index contributed by atoms with van der Waals surface area (Å²) >= 11 is 0. The van der Waals surface area contributed by atoms with Crippen LogP contribution in [0.1, 0.15) is 52.9 Å². The van der Waals surface area contributed by atoms with E-state index in [-0.39, 0.29) is 0 Å². The topological polar surface area (TPSA) is 26.0 Å². The second kappa shape index (κ2) is 5.67. The molecular weight excluding hydrogens is 194 g/mol. The smallest absolute Gasteiger partial charge is 0.0134 e. The molecule has 0 bridgehead atoms. The number of nitrogens with two attached hydrogens (primary N) is 1. The zero-order valence-electron chi connectivity index (χ0n) is 11.2. The zero-order valence-corrected chi connectivity index (χ0v) is 11.2. The molecule has 0 amide bonds. The van der Waals surface area contributed by atoms with Crippen LogP contribution in [0.4, 0.5) is 0 Å². The highest BCUT2D eigenvalue weighted by atomic mass is 14.5. The zero-order chi connectivity index (χ0) is 12.2. The van der Waals surface area contributed by atoms with Crippen LogP contribution in [-0.4, -0.2) is 6.54 Å². The first-order valence-corrected chi connectivity index (χ1v) is 6.55. The summed E-state index contributed by atoms with van der Waals surface area (Å²) < 4.78 is 0. The van der Waals surface area contributed by atoms with Gasteiger partial charge in [-0.25, -0.2) is 0 Å². The highest BCUT2D eigenvalue weighted by molar-refractivity contribution is 5.12. The second-order valence-electron chi connectivity index (χ2n) is 5.80. The summed E-state index contributed by atoms with van der Waals surface area (Å²) in [5.41, 5.74) is 8.90. The molecule has 16 heavy (non-hydrogen) atoms. The fraction of sp³-hybridized carbons (Fsp3) is 0.733. The van der Waals surface area contributed by atoms with Crippen LogP contribution >= 0.6 is 0 Å². The van der Waals surface area contributed by atoms with Gasteiger partial charge in [-0.05, 0) is 43.4 Å². The van der Waals surface area contributed by atoms with Gasteiger partial charge in [0.1, 0.15) is 0 Å². The summed E-state index contributed by atoms with van der Waals surface area (Å²) in [4.78, 5) is 0. The molecule has 1 aliphatic rings. The Balaban J connectivity index is 2.57. The van der Waals surface area contributed by atoms with Crippen molar-refractivity contribution in [2.24, 2.45) is 17.1 Å². The van der Waals surface area contributed by atoms with Crippen LogP contribution < -0.4 is 5.73 Å². The van der Waals surface area contributed by atoms with E-state index in [2.05, 4.69) is 33.4 Å². The molecule has 1 aliphatic carbocycles. The van der Waals surface area contributed by atoms with Gasteiger partial charge in [-0.2, -0.15) is 0 Å². The van der Waals surface area contributed by atoms with Gasteiger partial charge in [-0.3, -0.25) is 0 Å². The Kier molecular flexibility index (Phi) is 4.79. The number of hydrogen-bond acceptors (Lipinski definition) is 1. The predicted molar refractivity (Wildman–Crippen MR) is 72.3 cm³/mol. The van der Waals surface area contributed by atoms with Crippen LogP contribution in [0.5, 0.6) is 0 Å². The van der Waals surface area contributed by atoms with Crippen LogP contribution in [0.15, 0.2) is 23.8 Å². The molecule has 0 saturated heterocycles. The number of rotatable bonds is 5. The lowest BCUT2D eigenvalue weighted by molar-refractivity contribution is 0.226. The van der Waals surface area contributed by atoms with Crippen LogP contribution in [0.2, 0.25) is 0 Å². The van der Waals surface area contributed by atoms with Crippen molar-refractivity contribution in [2.45, 2.75) is 52.9 Å². The molecule has 2 N–H and O–H groups in total. The van der Waals surface area contributed by atoms with Gasteiger partial charge in [0.05, 0.1) is 0 Å². The molecule has 0 fully saturated rings. The maximum absolute atomic E-state index is 5.60. The number of hydrogen-bond donors (Lipinski definition) is 1. The van der Waals surface area contributed by atoms with E-state index >= 15 is 0 Å². The maximum Gasteiger partial charge on any atom is 0.0134 e. The van der Waals surface area contributed by atoms with Crippen molar-refractivity contribution in [1.82, 2.24) is 0 Å². The Morgan fingerprint density at radius 1 is 1.62 bits per heavy atom. The first kappa shape index (κ1) is 13.5. The Labute approximate surface area is 101 Å². The van der Waals surface area contributed by atoms with Gasteiger partial charge in [-0.15, -0.1) is 0 Å². The highest BCUT2D eigenvalue weighted by Gasteiger charge is 2.30. The molecule has 1 heteroatoms. The van der Waals surface area contributed by atoms with Crippen LogP contribution in [-0.2, 0) is 0 Å². The molecule has 0 saturated carbocycles. The molecule has 0 aliphatic heterocycles. The molecule has 0 radical (unpaired) electrons. The fourth-order valence-corrected chi connectivity index (χ4v) is 2.93. The van der Waals surface area contributed by atoms with Gasteiger partial charge < -0.3 is 5.73 Å². The van der Waals surface area contributed by atoms with E-state index < -0.39 is 0 Å². The van der Waals surface area contributed by atoms with Gasteiger partial charge >= 0.3 is 0 Å². The van der Waals surface area contributed by atoms with E-state index in [0.717, 1.165) is 12.3 Å². The lowest BCUT2D eigenvalue weighted by Crippen LogP contribution is -2.24. The molecule has 0 spiro atoms. The first-order valence-electron chi connectivity index (χ1n) is 6.55. The molecule has 92 valence electrons. The molecule has 0 aromatic heterocycles. The monoisotopic (exact) mass is 221 g/mol. The Morgan fingerprint density at radius 2 is 2.31 bits per heavy atom. The lowest BCUT2D eigenvalue weighted by atomic mass is 9.68. The normalized spacial score (nSPS) is 30.0. The average Bonchev–Trinajstić information content (AvgIpc) is 2.24. The predicted octanol–water partition coefficient (Wildman–Crippen LogP) is 4.05. The van der Waals surface area contributed by atoms with Gasteiger partial charge in [0, 0.05) is 6.54 Å². The van der Waals surface area contributed by atoms with Gasteiger partial charge in [0.2, 0.25) is 0 Å². The van der Waals surface area contributed by atoms with Crippen molar-refractivity contribution < 1.29 is 0 Å². The molecule has 0 heterocycles. The molecule has 1 nitrogen and oxygen atoms in total. The van der Waals surface area contributed by atoms with Crippen molar-refractivity contribution in [3.63, 3.8) is 0 Å². The van der Waals surface area contributed by atoms with Crippen molar-refractivity contribution in [3.05, 3.63) is 23.8 Å². The summed E-state index contributed by atoms with van der Waals surface area (Å²) in [6.45, 7) is 11.7. The van der Waals surface area contributed by atoms with Crippen molar-refractivity contribution in [2.75, 3.05) is 6.54 Å². The third kappa shape index (κ3) is 3.79. The van der Waals surface area contributed by atoms with E-state index in [1.54, 1.807) is 5.57 Å². The minimum atomic E-state index is 0.470. The van der Waals surface area contributed by atoms with Gasteiger partial charge in [0.25, 0.3) is 0 Å². The summed E-state index contributed by atoms with van der Waals surface area (Å²) in [6.07, 6.45) is 8.60. The van der Waals surface area contributed by atoms with E-state index in [9.17, 15) is 0 Å². The third-order valence-corrected chi connectivity index (χ3v) is 3.81.